The number of amides is 1. The molecule has 0 saturated heterocycles. The number of nitrogens with zero attached hydrogens (tertiary/aromatic N) is 1. The van der Waals surface area contributed by atoms with Crippen molar-refractivity contribution in [1.82, 2.24) is 4.90 Å². The maximum atomic E-state index is 13.3. The number of hydrogen-bond donors (Lipinski definition) is 0. The Hall–Kier alpha value is -3.47. The van der Waals surface area contributed by atoms with Crippen LogP contribution in [0.25, 0.3) is 11.3 Å². The van der Waals surface area contributed by atoms with Crippen molar-refractivity contribution in [2.24, 2.45) is 0 Å². The Balaban J connectivity index is 2.18. The van der Waals surface area contributed by atoms with Gasteiger partial charge in [-0.1, -0.05) is 35.4 Å². The van der Waals surface area contributed by atoms with Crippen LogP contribution >= 0.6 is 0 Å². The van der Waals surface area contributed by atoms with Crippen LogP contribution in [0.1, 0.15) is 59.7 Å². The van der Waals surface area contributed by atoms with Crippen LogP contribution in [-0.2, 0) is 6.42 Å². The lowest BCUT2D eigenvalue weighted by atomic mass is 9.91. The molecule has 0 aliphatic heterocycles. The highest BCUT2D eigenvalue weighted by molar-refractivity contribution is 6.03. The van der Waals surface area contributed by atoms with Gasteiger partial charge < -0.3 is 9.32 Å². The molecule has 3 rings (SSSR count). The van der Waals surface area contributed by atoms with E-state index in [1.807, 2.05) is 65.8 Å². The van der Waals surface area contributed by atoms with Crippen molar-refractivity contribution < 1.29 is 14.0 Å². The third kappa shape index (κ3) is 4.82. The van der Waals surface area contributed by atoms with Crippen LogP contribution in [0.15, 0.2) is 39.5 Å². The summed E-state index contributed by atoms with van der Waals surface area (Å²) in [6, 6.07) is 9.51. The van der Waals surface area contributed by atoms with Crippen molar-refractivity contribution in [1.29, 1.82) is 0 Å². The molecule has 0 aliphatic rings. The van der Waals surface area contributed by atoms with Gasteiger partial charge in [0.25, 0.3) is 5.91 Å². The molecule has 0 unspecified atom stereocenters. The molecular weight excluding hydrogens is 414 g/mol. The number of hydrogen-bond acceptors (Lipinski definition) is 4. The highest BCUT2D eigenvalue weighted by Crippen LogP contribution is 2.29. The van der Waals surface area contributed by atoms with Crippen LogP contribution in [0.5, 0.6) is 0 Å². The molecule has 0 fully saturated rings. The smallest absolute Gasteiger partial charge is 0.340 e. The SMILES string of the molecule is Cc1cc(C)c(C(=O)Cc2c(C(=O)N(C)C)cc(-c3c(C)cc(C)cc3C)oc2=O)c(C)c1. The maximum absolute atomic E-state index is 13.3. The molecule has 1 aromatic heterocycles. The Morgan fingerprint density at radius 2 is 1.27 bits per heavy atom. The second-order valence-electron chi connectivity index (χ2n) is 9.14. The highest BCUT2D eigenvalue weighted by Gasteiger charge is 2.25. The van der Waals surface area contributed by atoms with Gasteiger partial charge in [0.05, 0.1) is 11.1 Å². The summed E-state index contributed by atoms with van der Waals surface area (Å²) in [6.45, 7) is 11.6. The average molecular weight is 446 g/mol. The third-order valence-corrected chi connectivity index (χ3v) is 5.90. The number of ketones is 1. The van der Waals surface area contributed by atoms with E-state index in [2.05, 4.69) is 0 Å². The average Bonchev–Trinajstić information content (AvgIpc) is 2.67. The molecular formula is C28H31NO4. The van der Waals surface area contributed by atoms with E-state index >= 15 is 0 Å². The van der Waals surface area contributed by atoms with Gasteiger partial charge in [0.2, 0.25) is 0 Å². The zero-order valence-corrected chi connectivity index (χ0v) is 20.7. The molecule has 0 bridgehead atoms. The molecule has 33 heavy (non-hydrogen) atoms. The zero-order chi connectivity index (χ0) is 24.6. The van der Waals surface area contributed by atoms with Crippen molar-refractivity contribution in [3.8, 4) is 11.3 Å². The molecule has 0 N–H and O–H groups in total. The van der Waals surface area contributed by atoms with E-state index in [1.54, 1.807) is 20.2 Å². The minimum atomic E-state index is -0.659. The maximum Gasteiger partial charge on any atom is 0.340 e. The second-order valence-corrected chi connectivity index (χ2v) is 9.14. The zero-order valence-electron chi connectivity index (χ0n) is 20.7. The summed E-state index contributed by atoms with van der Waals surface area (Å²) in [5, 5.41) is 0. The first-order valence-electron chi connectivity index (χ1n) is 11.0. The lowest BCUT2D eigenvalue weighted by Crippen LogP contribution is -2.27. The second kappa shape index (κ2) is 9.18. The minimum Gasteiger partial charge on any atom is -0.422 e. The fourth-order valence-corrected chi connectivity index (χ4v) is 4.68. The monoisotopic (exact) mass is 445 g/mol. The van der Waals surface area contributed by atoms with Crippen molar-refractivity contribution in [2.45, 2.75) is 48.0 Å². The number of carbonyl (C=O) groups is 2. The largest absolute Gasteiger partial charge is 0.422 e. The summed E-state index contributed by atoms with van der Waals surface area (Å²) in [7, 11) is 3.25. The first-order chi connectivity index (χ1) is 15.4. The van der Waals surface area contributed by atoms with Gasteiger partial charge in [-0.3, -0.25) is 9.59 Å². The number of carbonyl (C=O) groups excluding carboxylic acids is 2. The fourth-order valence-electron chi connectivity index (χ4n) is 4.68. The van der Waals surface area contributed by atoms with Crippen LogP contribution in [0.3, 0.4) is 0 Å². The Morgan fingerprint density at radius 1 is 0.788 bits per heavy atom. The molecule has 1 heterocycles. The summed E-state index contributed by atoms with van der Waals surface area (Å²) in [6.07, 6.45) is -0.200. The molecule has 5 heteroatoms. The highest BCUT2D eigenvalue weighted by atomic mass is 16.4. The van der Waals surface area contributed by atoms with Crippen molar-refractivity contribution in [3.63, 3.8) is 0 Å². The lowest BCUT2D eigenvalue weighted by Gasteiger charge is -2.17. The number of rotatable bonds is 5. The standard InChI is InChI=1S/C28H31NO4/c1-15-9-17(3)25(18(4)10-15)23(30)13-22-21(27(31)29(7)8)14-24(33-28(22)32)26-19(5)11-16(2)12-20(26)6/h9-12,14H,13H2,1-8H3. The van der Waals surface area contributed by atoms with E-state index < -0.39 is 5.63 Å². The molecule has 0 spiro atoms. The van der Waals surface area contributed by atoms with Gasteiger partial charge >= 0.3 is 5.63 Å². The van der Waals surface area contributed by atoms with E-state index in [0.717, 1.165) is 38.9 Å². The molecule has 3 aromatic rings. The summed E-state index contributed by atoms with van der Waals surface area (Å²) in [5.41, 5.74) is 6.77. The number of aryl methyl sites for hydroxylation is 6. The number of benzene rings is 2. The molecule has 0 radical (unpaired) electrons. The Labute approximate surface area is 195 Å². The molecule has 1 amide bonds. The van der Waals surface area contributed by atoms with Gasteiger partial charge in [0.15, 0.2) is 5.78 Å². The Morgan fingerprint density at radius 3 is 1.76 bits per heavy atom. The van der Waals surface area contributed by atoms with E-state index in [0.29, 0.717) is 11.3 Å². The van der Waals surface area contributed by atoms with Gasteiger partial charge in [-0.25, -0.2) is 4.79 Å². The first kappa shape index (κ1) is 24.2. The van der Waals surface area contributed by atoms with Crippen LogP contribution in [0, 0.1) is 41.5 Å². The van der Waals surface area contributed by atoms with Crippen molar-refractivity contribution in [2.75, 3.05) is 14.1 Å². The van der Waals surface area contributed by atoms with Crippen molar-refractivity contribution >= 4 is 11.7 Å². The Kier molecular flexibility index (Phi) is 6.73. The van der Waals surface area contributed by atoms with Crippen LogP contribution < -0.4 is 5.63 Å². The molecule has 0 atom stereocenters. The predicted octanol–water partition coefficient (Wildman–Crippen LogP) is 5.28. The molecule has 172 valence electrons. The van der Waals surface area contributed by atoms with Gasteiger partial charge in [-0.05, 0) is 69.9 Å². The Bertz CT molecular complexity index is 1280. The van der Waals surface area contributed by atoms with E-state index in [1.165, 1.54) is 4.90 Å². The molecule has 5 nitrogen and oxygen atoms in total. The first-order valence-corrected chi connectivity index (χ1v) is 11.0. The normalized spacial score (nSPS) is 10.9. The van der Waals surface area contributed by atoms with E-state index in [-0.39, 0.29) is 29.2 Å². The summed E-state index contributed by atoms with van der Waals surface area (Å²) < 4.78 is 5.70. The third-order valence-electron chi connectivity index (χ3n) is 5.90. The van der Waals surface area contributed by atoms with Crippen LogP contribution in [-0.4, -0.2) is 30.7 Å². The van der Waals surface area contributed by atoms with E-state index in [9.17, 15) is 14.4 Å². The van der Waals surface area contributed by atoms with Crippen molar-refractivity contribution in [3.05, 3.63) is 90.8 Å². The number of Topliss-reactive ketones (excluding diaryl/α,β-unsaturated/α-hetero) is 1. The van der Waals surface area contributed by atoms with E-state index in [4.69, 9.17) is 4.42 Å². The van der Waals surface area contributed by atoms with Crippen LogP contribution in [0.2, 0.25) is 0 Å². The van der Waals surface area contributed by atoms with Gasteiger partial charge in [0, 0.05) is 31.6 Å². The molecule has 0 aliphatic carbocycles. The lowest BCUT2D eigenvalue weighted by molar-refractivity contribution is 0.0825. The topological polar surface area (TPSA) is 67.6 Å². The van der Waals surface area contributed by atoms with Crippen LogP contribution in [0.4, 0.5) is 0 Å². The van der Waals surface area contributed by atoms with Gasteiger partial charge in [0.1, 0.15) is 5.76 Å². The quantitative estimate of drug-likeness (QED) is 0.501. The summed E-state index contributed by atoms with van der Waals surface area (Å²) >= 11 is 0. The molecule has 2 aromatic carbocycles. The fraction of sp³-hybridized carbons (Fsp3) is 0.321. The summed E-state index contributed by atoms with van der Waals surface area (Å²) in [4.78, 5) is 40.9. The van der Waals surface area contributed by atoms with Gasteiger partial charge in [-0.2, -0.15) is 0 Å². The minimum absolute atomic E-state index is 0.0873. The van der Waals surface area contributed by atoms with Gasteiger partial charge in [-0.15, -0.1) is 0 Å². The predicted molar refractivity (Wildman–Crippen MR) is 131 cm³/mol. The molecule has 0 saturated carbocycles. The summed E-state index contributed by atoms with van der Waals surface area (Å²) in [5.74, 6) is -0.216.